The maximum atomic E-state index is 13.0. The van der Waals surface area contributed by atoms with Crippen LogP contribution in [0.2, 0.25) is 0 Å². The Hall–Kier alpha value is -1.72. The summed E-state index contributed by atoms with van der Waals surface area (Å²) in [5.74, 6) is -0.0146. The molecule has 1 aliphatic rings. The van der Waals surface area contributed by atoms with Crippen molar-refractivity contribution in [2.45, 2.75) is 23.7 Å². The zero-order chi connectivity index (χ0) is 16.7. The van der Waals surface area contributed by atoms with Crippen molar-refractivity contribution in [1.82, 2.24) is 0 Å². The lowest BCUT2D eigenvalue weighted by molar-refractivity contribution is 0.0579. The molecule has 0 saturated carbocycles. The quantitative estimate of drug-likeness (QED) is 0.632. The molecule has 6 heteroatoms. The Morgan fingerprint density at radius 3 is 2.48 bits per heavy atom. The van der Waals surface area contributed by atoms with Crippen LogP contribution in [0.3, 0.4) is 0 Å². The van der Waals surface area contributed by atoms with Gasteiger partial charge in [-0.15, -0.1) is 0 Å². The molecule has 1 N–H and O–H groups in total. The third-order valence-corrected chi connectivity index (χ3v) is 5.87. The number of ketones is 1. The minimum atomic E-state index is -1.35. The predicted octanol–water partition coefficient (Wildman–Crippen LogP) is 4.87. The van der Waals surface area contributed by atoms with E-state index in [1.165, 1.54) is 12.1 Å². The maximum Gasteiger partial charge on any atom is 0.210 e. The number of carbonyl (C=O) groups is 1. The lowest BCUT2D eigenvalue weighted by Crippen LogP contribution is -2.56. The van der Waals surface area contributed by atoms with Crippen LogP contribution >= 0.6 is 23.5 Å². The summed E-state index contributed by atoms with van der Waals surface area (Å²) in [6.07, 6.45) is 0. The highest BCUT2D eigenvalue weighted by Gasteiger charge is 2.57. The number of rotatable bonds is 3. The number of fused-ring (bicyclic) bond motifs is 1. The number of ether oxygens (including phenoxy) is 1. The molecule has 1 atom stereocenters. The van der Waals surface area contributed by atoms with Gasteiger partial charge in [0.05, 0.1) is 5.56 Å². The van der Waals surface area contributed by atoms with E-state index in [1.54, 1.807) is 44.2 Å². The number of Topliss-reactive ketones (excluding diaryl/α,β-unsaturated/α-hetero) is 1. The van der Waals surface area contributed by atoms with E-state index in [1.807, 2.05) is 6.07 Å². The van der Waals surface area contributed by atoms with Crippen LogP contribution < -0.4 is 9.46 Å². The molecule has 1 heterocycles. The monoisotopic (exact) mass is 351 g/mol. The molecule has 0 radical (unpaired) electrons. The third kappa shape index (κ3) is 2.79. The summed E-state index contributed by atoms with van der Waals surface area (Å²) < 4.78 is 20.6. The van der Waals surface area contributed by atoms with Gasteiger partial charge in [-0.1, -0.05) is 23.7 Å². The summed E-state index contributed by atoms with van der Waals surface area (Å²) in [5.41, 5.74) is 0.173. The molecule has 0 unspecified atom stereocenters. The Bertz CT molecular complexity index is 751. The van der Waals surface area contributed by atoms with Crippen LogP contribution in [0, 0.1) is 5.82 Å². The van der Waals surface area contributed by atoms with Crippen LogP contribution in [0.1, 0.15) is 24.2 Å². The van der Waals surface area contributed by atoms with Crippen LogP contribution in [0.4, 0.5) is 10.1 Å². The van der Waals surface area contributed by atoms with Gasteiger partial charge in [0.25, 0.3) is 0 Å². The summed E-state index contributed by atoms with van der Waals surface area (Å²) in [6.45, 7) is 3.54. The molecular formula is C17H15ClFNO2S. The highest BCUT2D eigenvalue weighted by molar-refractivity contribution is 8.04. The number of nitrogens with one attached hydrogen (secondary N) is 1. The van der Waals surface area contributed by atoms with Crippen LogP contribution in [-0.2, 0) is 0 Å². The van der Waals surface area contributed by atoms with Crippen molar-refractivity contribution in [2.24, 2.45) is 0 Å². The summed E-state index contributed by atoms with van der Waals surface area (Å²) in [5, 5.41) is 0. The number of hydrogen-bond acceptors (Lipinski definition) is 4. The number of halogens is 2. The van der Waals surface area contributed by atoms with Crippen molar-refractivity contribution in [1.29, 1.82) is 0 Å². The van der Waals surface area contributed by atoms with Crippen molar-refractivity contribution in [3.63, 3.8) is 0 Å². The zero-order valence-electron chi connectivity index (χ0n) is 12.6. The van der Waals surface area contributed by atoms with E-state index in [0.29, 0.717) is 17.0 Å². The Balaban J connectivity index is 1.89. The number of benzene rings is 2. The fourth-order valence-corrected chi connectivity index (χ4v) is 3.49. The zero-order valence-corrected chi connectivity index (χ0v) is 14.2. The molecule has 0 bridgehead atoms. The van der Waals surface area contributed by atoms with Gasteiger partial charge in [0, 0.05) is 5.69 Å². The van der Waals surface area contributed by atoms with Crippen molar-refractivity contribution in [3.8, 4) is 5.75 Å². The number of carbonyl (C=O) groups excluding carboxylic acids is 1. The fraction of sp³-hybridized carbons (Fsp3) is 0.235. The van der Waals surface area contributed by atoms with Crippen LogP contribution in [0.5, 0.6) is 5.75 Å². The first-order chi connectivity index (χ1) is 10.8. The highest BCUT2D eigenvalue weighted by atomic mass is 35.5. The van der Waals surface area contributed by atoms with Crippen molar-refractivity contribution >= 4 is 35.0 Å². The minimum Gasteiger partial charge on any atom is -0.484 e. The number of anilines is 1. The molecule has 120 valence electrons. The van der Waals surface area contributed by atoms with E-state index in [0.717, 1.165) is 11.9 Å². The minimum absolute atomic E-state index is 0.217. The molecular weight excluding hydrogens is 337 g/mol. The highest BCUT2D eigenvalue weighted by Crippen LogP contribution is 2.49. The van der Waals surface area contributed by atoms with Gasteiger partial charge < -0.3 is 9.46 Å². The summed E-state index contributed by atoms with van der Waals surface area (Å²) >= 11 is 7.73. The second kappa shape index (κ2) is 5.73. The van der Waals surface area contributed by atoms with Crippen LogP contribution in [-0.4, -0.2) is 15.6 Å². The SMILES string of the molecule is CC1(C)Oc2ccccc2C(=O)[C@@]1(Cl)SNc1ccc(F)cc1. The molecule has 23 heavy (non-hydrogen) atoms. The Kier molecular flexibility index (Phi) is 4.02. The Morgan fingerprint density at radius 1 is 1.13 bits per heavy atom. The Labute approximate surface area is 143 Å². The van der Waals surface area contributed by atoms with Gasteiger partial charge in [-0.2, -0.15) is 0 Å². The van der Waals surface area contributed by atoms with Crippen molar-refractivity contribution in [3.05, 3.63) is 59.9 Å². The largest absolute Gasteiger partial charge is 0.484 e. The standard InChI is InChI=1S/C17H15ClFNO2S/c1-16(2)17(18,23-20-12-9-7-11(19)8-10-12)15(21)13-5-3-4-6-14(13)22-16/h3-10,20H,1-2H3/t17-/m1/s1. The number of para-hydroxylation sites is 1. The van der Waals surface area contributed by atoms with E-state index in [-0.39, 0.29) is 11.6 Å². The first-order valence-corrected chi connectivity index (χ1v) is 8.24. The van der Waals surface area contributed by atoms with Gasteiger partial charge in [0.15, 0.2) is 0 Å². The number of hydrogen-bond donors (Lipinski definition) is 1. The fourth-order valence-electron chi connectivity index (χ4n) is 2.35. The van der Waals surface area contributed by atoms with Gasteiger partial charge in [-0.25, -0.2) is 4.39 Å². The average molecular weight is 352 g/mol. The molecule has 2 aromatic carbocycles. The van der Waals surface area contributed by atoms with Gasteiger partial charge >= 0.3 is 0 Å². The second-order valence-corrected chi connectivity index (χ2v) is 7.56. The Morgan fingerprint density at radius 2 is 1.78 bits per heavy atom. The third-order valence-electron chi connectivity index (χ3n) is 3.72. The van der Waals surface area contributed by atoms with Gasteiger partial charge in [-0.05, 0) is 62.2 Å². The summed E-state index contributed by atoms with van der Waals surface area (Å²) in [4.78, 5) is 12.9. The average Bonchev–Trinajstić information content (AvgIpc) is 2.52. The lowest BCUT2D eigenvalue weighted by Gasteiger charge is -2.43. The van der Waals surface area contributed by atoms with E-state index >= 15 is 0 Å². The molecule has 3 rings (SSSR count). The predicted molar refractivity (Wildman–Crippen MR) is 91.7 cm³/mol. The molecule has 0 aliphatic carbocycles. The normalized spacial score (nSPS) is 22.2. The molecule has 3 nitrogen and oxygen atoms in total. The van der Waals surface area contributed by atoms with Gasteiger partial charge in [0.1, 0.15) is 17.2 Å². The van der Waals surface area contributed by atoms with Gasteiger partial charge in [-0.3, -0.25) is 4.79 Å². The molecule has 0 spiro atoms. The van der Waals surface area contributed by atoms with Crippen molar-refractivity contribution in [2.75, 3.05) is 4.72 Å². The van der Waals surface area contributed by atoms with E-state index in [4.69, 9.17) is 16.3 Å². The summed E-state index contributed by atoms with van der Waals surface area (Å²) in [6, 6.07) is 12.9. The maximum absolute atomic E-state index is 13.0. The van der Waals surface area contributed by atoms with E-state index < -0.39 is 9.81 Å². The first kappa shape index (κ1) is 16.1. The number of alkyl halides is 1. The first-order valence-electron chi connectivity index (χ1n) is 7.05. The molecule has 2 aromatic rings. The van der Waals surface area contributed by atoms with Crippen molar-refractivity contribution < 1.29 is 13.9 Å². The molecule has 1 aliphatic heterocycles. The molecule has 0 amide bonds. The van der Waals surface area contributed by atoms with E-state index in [9.17, 15) is 9.18 Å². The smallest absolute Gasteiger partial charge is 0.210 e. The lowest BCUT2D eigenvalue weighted by atomic mass is 9.92. The van der Waals surface area contributed by atoms with Crippen LogP contribution in [0.25, 0.3) is 0 Å². The molecule has 0 aromatic heterocycles. The molecule has 0 saturated heterocycles. The molecule has 0 fully saturated rings. The summed E-state index contributed by atoms with van der Waals surface area (Å²) in [7, 11) is 0. The topological polar surface area (TPSA) is 38.3 Å². The van der Waals surface area contributed by atoms with E-state index in [2.05, 4.69) is 4.72 Å². The van der Waals surface area contributed by atoms with Crippen LogP contribution in [0.15, 0.2) is 48.5 Å². The van der Waals surface area contributed by atoms with Gasteiger partial charge in [0.2, 0.25) is 9.99 Å². The second-order valence-electron chi connectivity index (χ2n) is 5.74.